The highest BCUT2D eigenvalue weighted by Crippen LogP contribution is 2.24. The minimum atomic E-state index is -1.16. The molecule has 0 N–H and O–H groups in total. The number of benzene rings is 1. The van der Waals surface area contributed by atoms with Gasteiger partial charge in [-0.15, -0.1) is 11.3 Å². The predicted octanol–water partition coefficient (Wildman–Crippen LogP) is 3.36. The van der Waals surface area contributed by atoms with E-state index in [1.165, 1.54) is 23.5 Å². The summed E-state index contributed by atoms with van der Waals surface area (Å²) in [5.41, 5.74) is 1.51. The molecule has 6 heteroatoms. The standard InChI is InChI=1S/C13H11FN2OS2/c14-11-5-3-10(4-6-11)12-9-18-13(16-12)19(17)8-2-1-7-15/h3-6,9H,1-2,8H2/t19-/m0/s1. The van der Waals surface area contributed by atoms with Crippen molar-refractivity contribution < 1.29 is 8.60 Å². The molecule has 0 amide bonds. The van der Waals surface area contributed by atoms with Gasteiger partial charge in [-0.3, -0.25) is 4.21 Å². The molecule has 0 fully saturated rings. The molecule has 0 radical (unpaired) electrons. The molecule has 0 saturated heterocycles. The van der Waals surface area contributed by atoms with Crippen molar-refractivity contribution in [1.29, 1.82) is 5.26 Å². The van der Waals surface area contributed by atoms with Crippen molar-refractivity contribution in [3.8, 4) is 17.3 Å². The van der Waals surface area contributed by atoms with Crippen LogP contribution in [0, 0.1) is 17.1 Å². The van der Waals surface area contributed by atoms with Crippen molar-refractivity contribution in [3.05, 3.63) is 35.5 Å². The number of aromatic nitrogens is 1. The van der Waals surface area contributed by atoms with Gasteiger partial charge >= 0.3 is 0 Å². The molecule has 0 saturated carbocycles. The van der Waals surface area contributed by atoms with Crippen LogP contribution in [0.4, 0.5) is 4.39 Å². The highest BCUT2D eigenvalue weighted by atomic mass is 32.2. The number of thiazole rings is 1. The molecule has 1 aromatic carbocycles. The maximum atomic E-state index is 12.8. The number of nitrogens with zero attached hydrogens (tertiary/aromatic N) is 2. The highest BCUT2D eigenvalue weighted by molar-refractivity contribution is 7.87. The Morgan fingerprint density at radius 2 is 2.11 bits per heavy atom. The minimum absolute atomic E-state index is 0.292. The summed E-state index contributed by atoms with van der Waals surface area (Å²) in [6.07, 6.45) is 1.01. The second-order valence-corrected chi connectivity index (χ2v) is 6.42. The number of rotatable bonds is 5. The van der Waals surface area contributed by atoms with Crippen molar-refractivity contribution >= 4 is 22.1 Å². The van der Waals surface area contributed by atoms with E-state index in [1.54, 1.807) is 12.1 Å². The lowest BCUT2D eigenvalue weighted by molar-refractivity contribution is 0.628. The Morgan fingerprint density at radius 3 is 2.79 bits per heavy atom. The van der Waals surface area contributed by atoms with Crippen molar-refractivity contribution in [2.24, 2.45) is 0 Å². The Balaban J connectivity index is 2.08. The number of halogens is 1. The Hall–Kier alpha value is -1.58. The highest BCUT2D eigenvalue weighted by Gasteiger charge is 2.10. The largest absolute Gasteiger partial charge is 0.252 e. The maximum absolute atomic E-state index is 12.8. The van der Waals surface area contributed by atoms with E-state index in [2.05, 4.69) is 4.98 Å². The molecule has 0 aliphatic heterocycles. The van der Waals surface area contributed by atoms with Gasteiger partial charge < -0.3 is 0 Å². The molecule has 3 nitrogen and oxygen atoms in total. The van der Waals surface area contributed by atoms with Crippen molar-refractivity contribution in [1.82, 2.24) is 4.98 Å². The van der Waals surface area contributed by atoms with E-state index >= 15 is 0 Å². The van der Waals surface area contributed by atoms with Gasteiger partial charge in [-0.2, -0.15) is 5.26 Å². The zero-order valence-corrected chi connectivity index (χ0v) is 11.6. The van der Waals surface area contributed by atoms with Gasteiger partial charge in [-0.05, 0) is 30.7 Å². The van der Waals surface area contributed by atoms with Crippen LogP contribution in [-0.4, -0.2) is 14.9 Å². The molecule has 0 bridgehead atoms. The molecular formula is C13H11FN2OS2. The molecule has 19 heavy (non-hydrogen) atoms. The van der Waals surface area contributed by atoms with E-state index in [0.717, 1.165) is 5.56 Å². The van der Waals surface area contributed by atoms with Crippen LogP contribution in [0.25, 0.3) is 11.3 Å². The van der Waals surface area contributed by atoms with Gasteiger partial charge in [0.2, 0.25) is 0 Å². The summed E-state index contributed by atoms with van der Waals surface area (Å²) < 4.78 is 25.3. The van der Waals surface area contributed by atoms with E-state index in [4.69, 9.17) is 5.26 Å². The molecule has 98 valence electrons. The van der Waals surface area contributed by atoms with Crippen molar-refractivity contribution in [3.63, 3.8) is 0 Å². The lowest BCUT2D eigenvalue weighted by Gasteiger charge is -1.96. The summed E-state index contributed by atoms with van der Waals surface area (Å²) >= 11 is 1.33. The van der Waals surface area contributed by atoms with E-state index in [9.17, 15) is 8.60 Å². The van der Waals surface area contributed by atoms with Gasteiger partial charge in [0.1, 0.15) is 5.82 Å². The van der Waals surface area contributed by atoms with Gasteiger partial charge in [0.05, 0.1) is 22.6 Å². The maximum Gasteiger partial charge on any atom is 0.181 e. The van der Waals surface area contributed by atoms with Gasteiger partial charge in [0, 0.05) is 23.1 Å². The molecule has 0 aliphatic carbocycles. The zero-order chi connectivity index (χ0) is 13.7. The Kier molecular flexibility index (Phi) is 4.77. The monoisotopic (exact) mass is 294 g/mol. The summed E-state index contributed by atoms with van der Waals surface area (Å²) in [6, 6.07) is 8.06. The van der Waals surface area contributed by atoms with Crippen molar-refractivity contribution in [2.75, 3.05) is 5.75 Å². The second-order valence-electron chi connectivity index (χ2n) is 3.82. The summed E-state index contributed by atoms with van der Waals surface area (Å²) in [6.45, 7) is 0. The summed E-state index contributed by atoms with van der Waals surface area (Å²) in [4.78, 5) is 4.30. The van der Waals surface area contributed by atoms with Crippen LogP contribution in [-0.2, 0) is 10.8 Å². The average molecular weight is 294 g/mol. The third kappa shape index (κ3) is 3.69. The zero-order valence-electron chi connectivity index (χ0n) is 10.0. The van der Waals surface area contributed by atoms with Gasteiger partial charge in [0.25, 0.3) is 0 Å². The Labute approximate surface area is 117 Å². The van der Waals surface area contributed by atoms with Gasteiger partial charge in [-0.25, -0.2) is 9.37 Å². The Bertz CT molecular complexity index is 616. The van der Waals surface area contributed by atoms with E-state index in [1.807, 2.05) is 11.4 Å². The third-order valence-corrected chi connectivity index (χ3v) is 5.06. The summed E-state index contributed by atoms with van der Waals surface area (Å²) in [5, 5.41) is 10.2. The van der Waals surface area contributed by atoms with Crippen LogP contribution >= 0.6 is 11.3 Å². The molecule has 0 spiro atoms. The number of hydrogen-bond acceptors (Lipinski definition) is 4. The number of nitriles is 1. The average Bonchev–Trinajstić information content (AvgIpc) is 2.89. The fourth-order valence-corrected chi connectivity index (χ4v) is 3.64. The molecule has 1 aromatic heterocycles. The van der Waals surface area contributed by atoms with Crippen LogP contribution in [0.2, 0.25) is 0 Å². The van der Waals surface area contributed by atoms with Crippen LogP contribution in [0.1, 0.15) is 12.8 Å². The summed E-state index contributed by atoms with van der Waals surface area (Å²) in [7, 11) is -1.16. The predicted molar refractivity (Wildman–Crippen MR) is 73.6 cm³/mol. The van der Waals surface area contributed by atoms with E-state index in [-0.39, 0.29) is 5.82 Å². The first-order chi connectivity index (χ1) is 9.20. The van der Waals surface area contributed by atoms with E-state index in [0.29, 0.717) is 28.6 Å². The topological polar surface area (TPSA) is 53.8 Å². The first-order valence-corrected chi connectivity index (χ1v) is 7.87. The first-order valence-electron chi connectivity index (χ1n) is 5.67. The van der Waals surface area contributed by atoms with Crippen LogP contribution < -0.4 is 0 Å². The fraction of sp³-hybridized carbons (Fsp3) is 0.231. The minimum Gasteiger partial charge on any atom is -0.252 e. The number of unbranched alkanes of at least 4 members (excludes halogenated alkanes) is 1. The lowest BCUT2D eigenvalue weighted by Crippen LogP contribution is -1.97. The quantitative estimate of drug-likeness (QED) is 0.795. The molecular weight excluding hydrogens is 283 g/mol. The van der Waals surface area contributed by atoms with E-state index < -0.39 is 10.8 Å². The molecule has 1 atom stereocenters. The third-order valence-electron chi connectivity index (χ3n) is 2.44. The SMILES string of the molecule is N#CCCC[S@](=O)c1nc(-c2ccc(F)cc2)cs1. The van der Waals surface area contributed by atoms with Gasteiger partial charge in [0.15, 0.2) is 4.34 Å². The molecule has 2 aromatic rings. The normalized spacial score (nSPS) is 12.0. The molecule has 0 unspecified atom stereocenters. The molecule has 1 heterocycles. The second kappa shape index (κ2) is 6.55. The fourth-order valence-electron chi connectivity index (χ4n) is 1.48. The summed E-state index contributed by atoms with van der Waals surface area (Å²) in [5.74, 6) is 0.156. The molecule has 0 aliphatic rings. The first kappa shape index (κ1) is 13.8. The van der Waals surface area contributed by atoms with Crippen molar-refractivity contribution in [2.45, 2.75) is 17.2 Å². The number of hydrogen-bond donors (Lipinski definition) is 0. The lowest BCUT2D eigenvalue weighted by atomic mass is 10.2. The van der Waals surface area contributed by atoms with Crippen LogP contribution in [0.15, 0.2) is 34.0 Å². The smallest absolute Gasteiger partial charge is 0.181 e. The Morgan fingerprint density at radius 1 is 1.37 bits per heavy atom. The molecule has 2 rings (SSSR count). The van der Waals surface area contributed by atoms with Gasteiger partial charge in [-0.1, -0.05) is 0 Å². The van der Waals surface area contributed by atoms with Crippen LogP contribution in [0.3, 0.4) is 0 Å². The van der Waals surface area contributed by atoms with Crippen LogP contribution in [0.5, 0.6) is 0 Å².